The summed E-state index contributed by atoms with van der Waals surface area (Å²) in [5, 5.41) is 2.89. The third-order valence-electron chi connectivity index (χ3n) is 4.83. The van der Waals surface area contributed by atoms with Crippen LogP contribution in [0, 0.1) is 17.8 Å². The molecule has 0 heterocycles. The van der Waals surface area contributed by atoms with Gasteiger partial charge in [0.15, 0.2) is 0 Å². The van der Waals surface area contributed by atoms with E-state index in [-0.39, 0.29) is 30.3 Å². The van der Waals surface area contributed by atoms with Gasteiger partial charge in [-0.2, -0.15) is 0 Å². The molecule has 6 heteroatoms. The fourth-order valence-corrected chi connectivity index (χ4v) is 3.79. The summed E-state index contributed by atoms with van der Waals surface area (Å²) in [5.74, 6) is 0.353. The number of benzene rings is 1. The summed E-state index contributed by atoms with van der Waals surface area (Å²) in [6.07, 6.45) is 3.31. The van der Waals surface area contributed by atoms with Crippen LogP contribution >= 0.6 is 12.4 Å². The van der Waals surface area contributed by atoms with Crippen molar-refractivity contribution < 1.29 is 14.3 Å². The molecular formula is C16H21ClN2O3. The van der Waals surface area contributed by atoms with E-state index in [0.29, 0.717) is 23.1 Å². The average molecular weight is 325 g/mol. The molecule has 2 aliphatic rings. The van der Waals surface area contributed by atoms with Crippen LogP contribution in [0.4, 0.5) is 5.69 Å². The maximum Gasteiger partial charge on any atom is 0.337 e. The molecule has 3 N–H and O–H groups in total. The molecule has 5 nitrogen and oxygen atoms in total. The molecule has 22 heavy (non-hydrogen) atoms. The SMILES string of the molecule is COC(=O)c1cccc(NC(=O)C2C3CCC(C3)C2N)c1.Cl. The summed E-state index contributed by atoms with van der Waals surface area (Å²) in [7, 11) is 1.34. The summed E-state index contributed by atoms with van der Waals surface area (Å²) in [6.45, 7) is 0. The van der Waals surface area contributed by atoms with Gasteiger partial charge in [0.2, 0.25) is 5.91 Å². The van der Waals surface area contributed by atoms with Crippen molar-refractivity contribution in [2.45, 2.75) is 25.3 Å². The average Bonchev–Trinajstić information content (AvgIpc) is 3.07. The number of hydrogen-bond acceptors (Lipinski definition) is 4. The third-order valence-corrected chi connectivity index (χ3v) is 4.83. The molecule has 0 radical (unpaired) electrons. The topological polar surface area (TPSA) is 81.4 Å². The number of nitrogens with two attached hydrogens (primary N) is 1. The van der Waals surface area contributed by atoms with Gasteiger partial charge in [0.25, 0.3) is 0 Å². The third kappa shape index (κ3) is 2.96. The molecule has 1 amide bonds. The molecule has 1 aromatic carbocycles. The Hall–Kier alpha value is -1.59. The first-order valence-electron chi connectivity index (χ1n) is 7.35. The van der Waals surface area contributed by atoms with E-state index in [1.807, 2.05) is 0 Å². The van der Waals surface area contributed by atoms with Crippen LogP contribution in [0.5, 0.6) is 0 Å². The quantitative estimate of drug-likeness (QED) is 0.835. The second-order valence-corrected chi connectivity index (χ2v) is 6.00. The molecular weight excluding hydrogens is 304 g/mol. The van der Waals surface area contributed by atoms with Crippen molar-refractivity contribution in [2.24, 2.45) is 23.5 Å². The van der Waals surface area contributed by atoms with E-state index in [4.69, 9.17) is 5.73 Å². The van der Waals surface area contributed by atoms with Gasteiger partial charge >= 0.3 is 5.97 Å². The smallest absolute Gasteiger partial charge is 0.337 e. The second kappa shape index (κ2) is 6.67. The number of amides is 1. The molecule has 120 valence electrons. The predicted molar refractivity (Wildman–Crippen MR) is 86.0 cm³/mol. The van der Waals surface area contributed by atoms with Gasteiger partial charge < -0.3 is 15.8 Å². The van der Waals surface area contributed by atoms with Crippen molar-refractivity contribution in [2.75, 3.05) is 12.4 Å². The van der Waals surface area contributed by atoms with Crippen molar-refractivity contribution in [3.05, 3.63) is 29.8 Å². The normalized spacial score (nSPS) is 28.8. The monoisotopic (exact) mass is 324 g/mol. The summed E-state index contributed by atoms with van der Waals surface area (Å²) in [5.41, 5.74) is 7.22. The highest BCUT2D eigenvalue weighted by Crippen LogP contribution is 2.47. The number of carbonyl (C=O) groups is 2. The summed E-state index contributed by atoms with van der Waals surface area (Å²) in [6, 6.07) is 6.74. The molecule has 0 aliphatic heterocycles. The zero-order chi connectivity index (χ0) is 15.0. The number of anilines is 1. The van der Waals surface area contributed by atoms with E-state index >= 15 is 0 Å². The molecule has 2 fully saturated rings. The maximum absolute atomic E-state index is 12.5. The molecule has 2 saturated carbocycles. The van der Waals surface area contributed by atoms with Crippen molar-refractivity contribution >= 4 is 30.0 Å². The van der Waals surface area contributed by atoms with E-state index in [2.05, 4.69) is 10.1 Å². The molecule has 0 aromatic heterocycles. The van der Waals surface area contributed by atoms with E-state index in [0.717, 1.165) is 19.3 Å². The van der Waals surface area contributed by atoms with E-state index < -0.39 is 5.97 Å². The number of ether oxygens (including phenoxy) is 1. The molecule has 0 spiro atoms. The molecule has 2 bridgehead atoms. The number of methoxy groups -OCH3 is 1. The Labute approximate surface area is 136 Å². The number of rotatable bonds is 3. The minimum atomic E-state index is -0.414. The molecule has 3 rings (SSSR count). The lowest BCUT2D eigenvalue weighted by Crippen LogP contribution is -2.42. The van der Waals surface area contributed by atoms with Gasteiger partial charge in [0.1, 0.15) is 0 Å². The first-order chi connectivity index (χ1) is 10.1. The first-order valence-corrected chi connectivity index (χ1v) is 7.35. The zero-order valence-electron chi connectivity index (χ0n) is 12.5. The van der Waals surface area contributed by atoms with Crippen LogP contribution in [0.15, 0.2) is 24.3 Å². The van der Waals surface area contributed by atoms with E-state index in [1.165, 1.54) is 7.11 Å². The van der Waals surface area contributed by atoms with Gasteiger partial charge in [-0.15, -0.1) is 12.4 Å². The van der Waals surface area contributed by atoms with E-state index in [1.54, 1.807) is 24.3 Å². The van der Waals surface area contributed by atoms with Crippen molar-refractivity contribution in [3.8, 4) is 0 Å². The zero-order valence-corrected chi connectivity index (χ0v) is 13.3. The molecule has 2 aliphatic carbocycles. The lowest BCUT2D eigenvalue weighted by Gasteiger charge is -2.27. The van der Waals surface area contributed by atoms with Gasteiger partial charge in [-0.25, -0.2) is 4.79 Å². The number of halogens is 1. The Balaban J connectivity index is 0.00000176. The van der Waals surface area contributed by atoms with Crippen molar-refractivity contribution in [3.63, 3.8) is 0 Å². The van der Waals surface area contributed by atoms with Crippen LogP contribution < -0.4 is 11.1 Å². The van der Waals surface area contributed by atoms with Crippen molar-refractivity contribution in [1.29, 1.82) is 0 Å². The van der Waals surface area contributed by atoms with Gasteiger partial charge in [0.05, 0.1) is 18.6 Å². The highest BCUT2D eigenvalue weighted by atomic mass is 35.5. The molecule has 4 atom stereocenters. The Morgan fingerprint density at radius 2 is 2.00 bits per heavy atom. The lowest BCUT2D eigenvalue weighted by atomic mass is 9.84. The van der Waals surface area contributed by atoms with Crippen LogP contribution in [0.25, 0.3) is 0 Å². The summed E-state index contributed by atoms with van der Waals surface area (Å²) < 4.78 is 4.68. The Kier molecular flexibility index (Phi) is 5.08. The number of fused-ring (bicyclic) bond motifs is 2. The summed E-state index contributed by atoms with van der Waals surface area (Å²) >= 11 is 0. The lowest BCUT2D eigenvalue weighted by molar-refractivity contribution is -0.121. The number of nitrogens with one attached hydrogen (secondary N) is 1. The van der Waals surface area contributed by atoms with Crippen LogP contribution in [-0.2, 0) is 9.53 Å². The van der Waals surface area contributed by atoms with Crippen LogP contribution in [0.3, 0.4) is 0 Å². The number of esters is 1. The van der Waals surface area contributed by atoms with Crippen LogP contribution in [-0.4, -0.2) is 25.0 Å². The number of carbonyl (C=O) groups excluding carboxylic acids is 2. The molecule has 4 unspecified atom stereocenters. The van der Waals surface area contributed by atoms with Gasteiger partial charge in [-0.1, -0.05) is 6.07 Å². The second-order valence-electron chi connectivity index (χ2n) is 6.00. The highest BCUT2D eigenvalue weighted by Gasteiger charge is 2.49. The number of hydrogen-bond donors (Lipinski definition) is 2. The Morgan fingerprint density at radius 1 is 1.27 bits per heavy atom. The predicted octanol–water partition coefficient (Wildman–Crippen LogP) is 2.21. The molecule has 0 saturated heterocycles. The largest absolute Gasteiger partial charge is 0.465 e. The van der Waals surface area contributed by atoms with Crippen LogP contribution in [0.1, 0.15) is 29.6 Å². The standard InChI is InChI=1S/C16H20N2O3.ClH/c1-21-16(20)11-3-2-4-12(8-11)18-15(19)13-9-5-6-10(7-9)14(13)17;/h2-4,8-10,13-14H,5-7,17H2,1H3,(H,18,19);1H. The molecule has 1 aromatic rings. The Bertz CT molecular complexity index is 576. The Morgan fingerprint density at radius 3 is 2.64 bits per heavy atom. The first kappa shape index (κ1) is 16.8. The summed E-state index contributed by atoms with van der Waals surface area (Å²) in [4.78, 5) is 24.0. The fraction of sp³-hybridized carbons (Fsp3) is 0.500. The minimum absolute atomic E-state index is 0. The minimum Gasteiger partial charge on any atom is -0.465 e. The van der Waals surface area contributed by atoms with Gasteiger partial charge in [0, 0.05) is 11.7 Å². The highest BCUT2D eigenvalue weighted by molar-refractivity contribution is 5.96. The van der Waals surface area contributed by atoms with Crippen molar-refractivity contribution in [1.82, 2.24) is 0 Å². The maximum atomic E-state index is 12.5. The van der Waals surface area contributed by atoms with Gasteiger partial charge in [-0.3, -0.25) is 4.79 Å². The fourth-order valence-electron chi connectivity index (χ4n) is 3.79. The van der Waals surface area contributed by atoms with Gasteiger partial charge in [-0.05, 0) is 49.3 Å². The van der Waals surface area contributed by atoms with Crippen LogP contribution in [0.2, 0.25) is 0 Å². The van der Waals surface area contributed by atoms with E-state index in [9.17, 15) is 9.59 Å².